The van der Waals surface area contributed by atoms with Crippen molar-refractivity contribution in [3.8, 4) is 0 Å². The van der Waals surface area contributed by atoms with Crippen LogP contribution in [0.4, 0.5) is 0 Å². The maximum Gasteiger partial charge on any atom is 0.188 e. The van der Waals surface area contributed by atoms with Crippen molar-refractivity contribution in [1.29, 1.82) is 0 Å². The van der Waals surface area contributed by atoms with Crippen LogP contribution in [0.2, 0.25) is 0 Å². The standard InChI is InChI=1S/C15H18N4O2/c16-15(19-21)13-8-11(6-7-18-13)9-17-10-14(20)12-4-2-1-3-5-12/h1-8,14,17,20-21H,9-10H2,(H2,16,19). The number of aromatic nitrogens is 1. The van der Waals surface area contributed by atoms with Crippen LogP contribution in [0, 0.1) is 0 Å². The van der Waals surface area contributed by atoms with Gasteiger partial charge in [0.1, 0.15) is 5.69 Å². The van der Waals surface area contributed by atoms with E-state index in [9.17, 15) is 5.11 Å². The van der Waals surface area contributed by atoms with Crippen LogP contribution in [0.5, 0.6) is 0 Å². The van der Waals surface area contributed by atoms with Crippen LogP contribution in [0.3, 0.4) is 0 Å². The van der Waals surface area contributed by atoms with Gasteiger partial charge in [0.05, 0.1) is 6.10 Å². The number of aliphatic hydroxyl groups is 1. The monoisotopic (exact) mass is 286 g/mol. The smallest absolute Gasteiger partial charge is 0.188 e. The van der Waals surface area contributed by atoms with Crippen LogP contribution < -0.4 is 11.1 Å². The maximum absolute atomic E-state index is 10.0. The molecule has 0 amide bonds. The Balaban J connectivity index is 1.89. The predicted octanol–water partition coefficient (Wildman–Crippen LogP) is 0.999. The summed E-state index contributed by atoms with van der Waals surface area (Å²) in [6.45, 7) is 0.989. The van der Waals surface area contributed by atoms with Gasteiger partial charge in [-0.15, -0.1) is 0 Å². The van der Waals surface area contributed by atoms with Gasteiger partial charge < -0.3 is 21.4 Å². The van der Waals surface area contributed by atoms with Crippen LogP contribution >= 0.6 is 0 Å². The molecule has 2 aromatic rings. The van der Waals surface area contributed by atoms with Crippen molar-refractivity contribution in [2.45, 2.75) is 12.6 Å². The van der Waals surface area contributed by atoms with Gasteiger partial charge in [-0.3, -0.25) is 4.98 Å². The quantitative estimate of drug-likeness (QED) is 0.274. The van der Waals surface area contributed by atoms with Gasteiger partial charge in [-0.05, 0) is 23.3 Å². The number of aliphatic hydroxyl groups excluding tert-OH is 1. The minimum Gasteiger partial charge on any atom is -0.409 e. The van der Waals surface area contributed by atoms with Crippen molar-refractivity contribution in [1.82, 2.24) is 10.3 Å². The van der Waals surface area contributed by atoms with Crippen molar-refractivity contribution in [3.05, 3.63) is 65.5 Å². The van der Waals surface area contributed by atoms with Gasteiger partial charge in [0.2, 0.25) is 0 Å². The molecule has 1 atom stereocenters. The van der Waals surface area contributed by atoms with Gasteiger partial charge in [-0.25, -0.2) is 0 Å². The summed E-state index contributed by atoms with van der Waals surface area (Å²) in [5.74, 6) is -0.0267. The Morgan fingerprint density at radius 1 is 1.29 bits per heavy atom. The molecular formula is C15H18N4O2. The molecule has 0 radical (unpaired) electrons. The number of pyridine rings is 1. The lowest BCUT2D eigenvalue weighted by Gasteiger charge is -2.12. The van der Waals surface area contributed by atoms with Crippen molar-refractivity contribution in [2.75, 3.05) is 6.54 Å². The van der Waals surface area contributed by atoms with Crippen LogP contribution in [-0.2, 0) is 6.54 Å². The number of nitrogens with one attached hydrogen (secondary N) is 1. The molecule has 0 aliphatic rings. The fourth-order valence-corrected chi connectivity index (χ4v) is 1.92. The van der Waals surface area contributed by atoms with Crippen LogP contribution in [0.1, 0.15) is 22.9 Å². The first-order chi connectivity index (χ1) is 10.2. The molecular weight excluding hydrogens is 268 g/mol. The summed E-state index contributed by atoms with van der Waals surface area (Å²) in [4.78, 5) is 4.01. The highest BCUT2D eigenvalue weighted by molar-refractivity contribution is 5.95. The summed E-state index contributed by atoms with van der Waals surface area (Å²) < 4.78 is 0. The Labute approximate surface area is 122 Å². The maximum atomic E-state index is 10.0. The van der Waals surface area contributed by atoms with E-state index in [1.54, 1.807) is 12.3 Å². The van der Waals surface area contributed by atoms with Crippen LogP contribution in [0.25, 0.3) is 0 Å². The third kappa shape index (κ3) is 4.27. The molecule has 5 N–H and O–H groups in total. The Bertz CT molecular complexity index is 602. The predicted molar refractivity (Wildman–Crippen MR) is 79.9 cm³/mol. The molecule has 0 saturated heterocycles. The largest absolute Gasteiger partial charge is 0.409 e. The zero-order valence-corrected chi connectivity index (χ0v) is 11.5. The summed E-state index contributed by atoms with van der Waals surface area (Å²) in [7, 11) is 0. The van der Waals surface area contributed by atoms with E-state index >= 15 is 0 Å². The summed E-state index contributed by atoms with van der Waals surface area (Å²) in [5.41, 5.74) is 7.72. The minimum atomic E-state index is -0.559. The fraction of sp³-hybridized carbons (Fsp3) is 0.200. The Hall–Kier alpha value is -2.44. The van der Waals surface area contributed by atoms with Gasteiger partial charge >= 0.3 is 0 Å². The first kappa shape index (κ1) is 15.0. The normalized spacial score (nSPS) is 13.1. The van der Waals surface area contributed by atoms with Crippen LogP contribution in [0.15, 0.2) is 53.8 Å². The summed E-state index contributed by atoms with van der Waals surface area (Å²) in [5, 5.41) is 24.7. The number of rotatable bonds is 6. The van der Waals surface area contributed by atoms with Crippen LogP contribution in [-0.4, -0.2) is 27.7 Å². The van der Waals surface area contributed by atoms with E-state index in [0.29, 0.717) is 18.8 Å². The number of nitrogens with two attached hydrogens (primary N) is 1. The van der Waals surface area contributed by atoms with E-state index in [-0.39, 0.29) is 5.84 Å². The zero-order chi connectivity index (χ0) is 15.1. The summed E-state index contributed by atoms with van der Waals surface area (Å²) in [6, 6.07) is 13.0. The average molecular weight is 286 g/mol. The van der Waals surface area contributed by atoms with Gasteiger partial charge in [0.15, 0.2) is 5.84 Å². The fourth-order valence-electron chi connectivity index (χ4n) is 1.92. The highest BCUT2D eigenvalue weighted by Gasteiger charge is 2.06. The third-order valence-electron chi connectivity index (χ3n) is 3.05. The van der Waals surface area contributed by atoms with Gasteiger partial charge in [-0.1, -0.05) is 35.5 Å². The SMILES string of the molecule is NC(=NO)c1cc(CNCC(O)c2ccccc2)ccn1. The molecule has 21 heavy (non-hydrogen) atoms. The molecule has 6 nitrogen and oxygen atoms in total. The Morgan fingerprint density at radius 3 is 2.76 bits per heavy atom. The Kier molecular flexibility index (Phi) is 5.25. The van der Waals surface area contributed by atoms with Gasteiger partial charge in [-0.2, -0.15) is 0 Å². The van der Waals surface area contributed by atoms with Crippen molar-refractivity contribution in [3.63, 3.8) is 0 Å². The van der Waals surface area contributed by atoms with Crippen molar-refractivity contribution in [2.24, 2.45) is 10.9 Å². The molecule has 1 aromatic carbocycles. The number of hydrogen-bond donors (Lipinski definition) is 4. The van der Waals surface area contributed by atoms with E-state index in [2.05, 4.69) is 15.5 Å². The lowest BCUT2D eigenvalue weighted by molar-refractivity contribution is 0.174. The molecule has 2 rings (SSSR count). The van der Waals surface area contributed by atoms with E-state index in [0.717, 1.165) is 11.1 Å². The topological polar surface area (TPSA) is 104 Å². The molecule has 0 spiro atoms. The van der Waals surface area contributed by atoms with Crippen molar-refractivity contribution >= 4 is 5.84 Å². The molecule has 0 fully saturated rings. The number of hydrogen-bond acceptors (Lipinski definition) is 5. The number of nitrogens with zero attached hydrogens (tertiary/aromatic N) is 2. The highest BCUT2D eigenvalue weighted by Crippen LogP contribution is 2.11. The summed E-state index contributed by atoms with van der Waals surface area (Å²) >= 11 is 0. The zero-order valence-electron chi connectivity index (χ0n) is 11.5. The first-order valence-electron chi connectivity index (χ1n) is 6.57. The average Bonchev–Trinajstić information content (AvgIpc) is 2.55. The molecule has 0 aliphatic heterocycles. The van der Waals surface area contributed by atoms with Gasteiger partial charge in [0, 0.05) is 19.3 Å². The number of oxime groups is 1. The summed E-state index contributed by atoms with van der Waals surface area (Å²) in [6.07, 6.45) is 1.04. The highest BCUT2D eigenvalue weighted by atomic mass is 16.4. The number of benzene rings is 1. The second kappa shape index (κ2) is 7.37. The molecule has 0 saturated carbocycles. The second-order valence-electron chi connectivity index (χ2n) is 4.59. The molecule has 1 aromatic heterocycles. The van der Waals surface area contributed by atoms with E-state index in [1.165, 1.54) is 0 Å². The third-order valence-corrected chi connectivity index (χ3v) is 3.05. The van der Waals surface area contributed by atoms with Crippen molar-refractivity contribution < 1.29 is 10.3 Å². The van der Waals surface area contributed by atoms with E-state index in [1.807, 2.05) is 36.4 Å². The minimum absolute atomic E-state index is 0.0267. The Morgan fingerprint density at radius 2 is 2.05 bits per heavy atom. The van der Waals surface area contributed by atoms with Gasteiger partial charge in [0.25, 0.3) is 0 Å². The lowest BCUT2D eigenvalue weighted by Crippen LogP contribution is -2.21. The molecule has 110 valence electrons. The molecule has 1 heterocycles. The first-order valence-corrected chi connectivity index (χ1v) is 6.57. The molecule has 0 bridgehead atoms. The molecule has 1 unspecified atom stereocenters. The lowest BCUT2D eigenvalue weighted by atomic mass is 10.1. The molecule has 6 heteroatoms. The number of amidine groups is 1. The molecule has 0 aliphatic carbocycles. The van der Waals surface area contributed by atoms with E-state index < -0.39 is 6.10 Å². The van der Waals surface area contributed by atoms with E-state index in [4.69, 9.17) is 10.9 Å². The second-order valence-corrected chi connectivity index (χ2v) is 4.59.